The van der Waals surface area contributed by atoms with Crippen molar-refractivity contribution in [1.82, 2.24) is 4.90 Å². The van der Waals surface area contributed by atoms with Crippen LogP contribution in [0.4, 0.5) is 0 Å². The van der Waals surface area contributed by atoms with Crippen LogP contribution in [-0.4, -0.2) is 61.1 Å². The van der Waals surface area contributed by atoms with Gasteiger partial charge in [0.2, 0.25) is 5.91 Å². The molecule has 0 aliphatic carbocycles. The summed E-state index contributed by atoms with van der Waals surface area (Å²) in [6, 6.07) is 7.80. The van der Waals surface area contributed by atoms with Crippen molar-refractivity contribution in [2.24, 2.45) is 5.92 Å². The third kappa shape index (κ3) is 6.70. The average Bonchev–Trinajstić information content (AvgIpc) is 2.68. The van der Waals surface area contributed by atoms with Gasteiger partial charge in [0.25, 0.3) is 0 Å². The number of nitrogens with zero attached hydrogens (tertiary/aromatic N) is 1. The van der Waals surface area contributed by atoms with E-state index in [2.05, 4.69) is 13.8 Å². The van der Waals surface area contributed by atoms with Gasteiger partial charge >= 0.3 is 0 Å². The van der Waals surface area contributed by atoms with Gasteiger partial charge in [-0.3, -0.25) is 4.79 Å². The van der Waals surface area contributed by atoms with Gasteiger partial charge in [-0.1, -0.05) is 12.1 Å². The Kier molecular flexibility index (Phi) is 7.92. The summed E-state index contributed by atoms with van der Waals surface area (Å²) in [4.78, 5) is 14.6. The molecule has 2 aliphatic heterocycles. The van der Waals surface area contributed by atoms with E-state index in [9.17, 15) is 13.2 Å². The monoisotopic (exact) mass is 465 g/mol. The van der Waals surface area contributed by atoms with Crippen LogP contribution in [0.1, 0.15) is 65.9 Å². The van der Waals surface area contributed by atoms with E-state index in [0.717, 1.165) is 37.0 Å². The lowest BCUT2D eigenvalue weighted by atomic mass is 9.98. The Labute approximate surface area is 193 Å². The highest BCUT2D eigenvalue weighted by Gasteiger charge is 2.33. The topological polar surface area (TPSA) is 72.9 Å². The van der Waals surface area contributed by atoms with E-state index >= 15 is 0 Å². The van der Waals surface area contributed by atoms with Gasteiger partial charge < -0.3 is 14.4 Å². The maximum atomic E-state index is 12.8. The van der Waals surface area contributed by atoms with E-state index in [4.69, 9.17) is 9.47 Å². The Morgan fingerprint density at radius 2 is 1.62 bits per heavy atom. The highest BCUT2D eigenvalue weighted by Crippen LogP contribution is 2.26. The zero-order valence-electron chi connectivity index (χ0n) is 20.2. The standard InChI is InChI=1S/C25H39NO5S/c1-18-14-23(15-19(2)30-18)31-22-8-6-20(7-9-22)16-24(27)26-12-10-21(11-13-26)17-32(28,29)25(3,4)5/h6-9,18-19,21,23H,10-17H2,1-5H3. The molecule has 1 aromatic carbocycles. The van der Waals surface area contributed by atoms with Gasteiger partial charge in [0.15, 0.2) is 9.84 Å². The first-order valence-electron chi connectivity index (χ1n) is 11.8. The molecule has 2 fully saturated rings. The van der Waals surface area contributed by atoms with Crippen molar-refractivity contribution in [3.8, 4) is 5.75 Å². The molecule has 32 heavy (non-hydrogen) atoms. The molecule has 2 saturated heterocycles. The summed E-state index contributed by atoms with van der Waals surface area (Å²) in [7, 11) is -3.13. The highest BCUT2D eigenvalue weighted by atomic mass is 32.2. The van der Waals surface area contributed by atoms with E-state index in [0.29, 0.717) is 19.5 Å². The molecule has 0 saturated carbocycles. The molecule has 2 atom stereocenters. The molecule has 3 rings (SSSR count). The van der Waals surface area contributed by atoms with Crippen LogP contribution in [0.2, 0.25) is 0 Å². The van der Waals surface area contributed by atoms with Crippen LogP contribution < -0.4 is 4.74 Å². The van der Waals surface area contributed by atoms with Crippen molar-refractivity contribution in [2.75, 3.05) is 18.8 Å². The maximum Gasteiger partial charge on any atom is 0.226 e. The van der Waals surface area contributed by atoms with Crippen molar-refractivity contribution in [3.63, 3.8) is 0 Å². The predicted octanol–water partition coefficient (Wildman–Crippen LogP) is 4.02. The second-order valence-corrected chi connectivity index (χ2v) is 13.3. The minimum absolute atomic E-state index is 0.0999. The molecule has 0 bridgehead atoms. The first-order valence-corrected chi connectivity index (χ1v) is 13.5. The average molecular weight is 466 g/mol. The zero-order valence-corrected chi connectivity index (χ0v) is 21.0. The SMILES string of the molecule is CC1CC(Oc2ccc(CC(=O)N3CCC(CS(=O)(=O)C(C)(C)C)CC3)cc2)CC(C)O1. The quantitative estimate of drug-likeness (QED) is 0.635. The van der Waals surface area contributed by atoms with E-state index < -0.39 is 14.6 Å². The van der Waals surface area contributed by atoms with Gasteiger partial charge in [0, 0.05) is 25.9 Å². The summed E-state index contributed by atoms with van der Waals surface area (Å²) in [5, 5.41) is 0. The summed E-state index contributed by atoms with van der Waals surface area (Å²) in [6.45, 7) is 10.7. The fraction of sp³-hybridized carbons (Fsp3) is 0.720. The fourth-order valence-corrected chi connectivity index (χ4v) is 5.97. The zero-order chi connectivity index (χ0) is 23.5. The van der Waals surface area contributed by atoms with Crippen molar-refractivity contribution in [3.05, 3.63) is 29.8 Å². The summed E-state index contributed by atoms with van der Waals surface area (Å²) in [5.74, 6) is 1.27. The minimum atomic E-state index is -3.13. The molecule has 0 aromatic heterocycles. The van der Waals surface area contributed by atoms with Crippen molar-refractivity contribution >= 4 is 15.7 Å². The summed E-state index contributed by atoms with van der Waals surface area (Å²) in [6.07, 6.45) is 4.19. The number of hydrogen-bond donors (Lipinski definition) is 0. The number of likely N-dealkylation sites (tertiary alicyclic amines) is 1. The molecule has 0 N–H and O–H groups in total. The largest absolute Gasteiger partial charge is 0.490 e. The number of amides is 1. The van der Waals surface area contributed by atoms with Crippen LogP contribution in [0.25, 0.3) is 0 Å². The molecule has 6 nitrogen and oxygen atoms in total. The lowest BCUT2D eigenvalue weighted by molar-refractivity contribution is -0.131. The van der Waals surface area contributed by atoms with Crippen molar-refractivity contribution < 1.29 is 22.7 Å². The maximum absolute atomic E-state index is 12.8. The molecule has 0 radical (unpaired) electrons. The number of rotatable bonds is 6. The molecule has 2 heterocycles. The van der Waals surface area contributed by atoms with Crippen LogP contribution >= 0.6 is 0 Å². The lowest BCUT2D eigenvalue weighted by Gasteiger charge is -2.33. The summed E-state index contributed by atoms with van der Waals surface area (Å²) in [5.41, 5.74) is 0.966. The van der Waals surface area contributed by atoms with Crippen molar-refractivity contribution in [1.29, 1.82) is 0 Å². The second-order valence-electron chi connectivity index (χ2n) is 10.5. The molecule has 1 amide bonds. The first kappa shape index (κ1) is 25.0. The van der Waals surface area contributed by atoms with E-state index in [1.54, 1.807) is 20.8 Å². The third-order valence-electron chi connectivity index (χ3n) is 6.59. The summed E-state index contributed by atoms with van der Waals surface area (Å²) < 4.78 is 36.1. The van der Waals surface area contributed by atoms with Gasteiger partial charge in [0.1, 0.15) is 11.9 Å². The minimum Gasteiger partial charge on any atom is -0.490 e. The smallest absolute Gasteiger partial charge is 0.226 e. The molecule has 180 valence electrons. The number of benzene rings is 1. The van der Waals surface area contributed by atoms with Crippen LogP contribution in [-0.2, 0) is 25.8 Å². The molecular formula is C25H39NO5S. The molecule has 2 aliphatic rings. The first-order chi connectivity index (χ1) is 14.9. The number of carbonyl (C=O) groups is 1. The number of hydrogen-bond acceptors (Lipinski definition) is 5. The van der Waals surface area contributed by atoms with Gasteiger partial charge in [0.05, 0.1) is 29.1 Å². The predicted molar refractivity (Wildman–Crippen MR) is 127 cm³/mol. The molecule has 7 heteroatoms. The van der Waals surface area contributed by atoms with Crippen molar-refractivity contribution in [2.45, 2.75) is 89.8 Å². The van der Waals surface area contributed by atoms with Gasteiger partial charge in [-0.25, -0.2) is 8.42 Å². The normalized spacial score (nSPS) is 25.5. The van der Waals surface area contributed by atoms with Crippen LogP contribution in [0, 0.1) is 5.92 Å². The summed E-state index contributed by atoms with van der Waals surface area (Å²) >= 11 is 0. The molecular weight excluding hydrogens is 426 g/mol. The number of sulfone groups is 1. The van der Waals surface area contributed by atoms with Gasteiger partial charge in [-0.2, -0.15) is 0 Å². The molecule has 2 unspecified atom stereocenters. The van der Waals surface area contributed by atoms with Gasteiger partial charge in [-0.05, 0) is 71.1 Å². The Morgan fingerprint density at radius 3 is 2.16 bits per heavy atom. The van der Waals surface area contributed by atoms with E-state index in [1.807, 2.05) is 29.2 Å². The number of ether oxygens (including phenoxy) is 2. The van der Waals surface area contributed by atoms with Gasteiger partial charge in [-0.15, -0.1) is 0 Å². The Bertz CT molecular complexity index is 857. The Morgan fingerprint density at radius 1 is 1.06 bits per heavy atom. The lowest BCUT2D eigenvalue weighted by Crippen LogP contribution is -2.42. The number of carbonyl (C=O) groups excluding carboxylic acids is 1. The Hall–Kier alpha value is -1.60. The second kappa shape index (κ2) is 10.1. The van der Waals surface area contributed by atoms with Crippen LogP contribution in [0.3, 0.4) is 0 Å². The van der Waals surface area contributed by atoms with E-state index in [-0.39, 0.29) is 35.9 Å². The van der Waals surface area contributed by atoms with Crippen LogP contribution in [0.15, 0.2) is 24.3 Å². The fourth-order valence-electron chi connectivity index (χ4n) is 4.51. The Balaban J connectivity index is 1.46. The third-order valence-corrected chi connectivity index (χ3v) is 9.37. The van der Waals surface area contributed by atoms with Crippen LogP contribution in [0.5, 0.6) is 5.75 Å². The highest BCUT2D eigenvalue weighted by molar-refractivity contribution is 7.92. The molecule has 0 spiro atoms. The van der Waals surface area contributed by atoms with E-state index in [1.165, 1.54) is 0 Å². The number of piperidine rings is 1. The molecule has 1 aromatic rings.